The second-order valence-corrected chi connectivity index (χ2v) is 10.7. The van der Waals surface area contributed by atoms with Gasteiger partial charge in [0, 0.05) is 55.9 Å². The summed E-state index contributed by atoms with van der Waals surface area (Å²) in [5.74, 6) is 1.14. The largest absolute Gasteiger partial charge is 0.488 e. The number of ether oxygens (including phenoxy) is 2. The molecule has 10 nitrogen and oxygen atoms in total. The molecule has 3 heterocycles. The zero-order valence-corrected chi connectivity index (χ0v) is 24.8. The van der Waals surface area contributed by atoms with E-state index in [1.807, 2.05) is 32.3 Å². The molecule has 1 saturated heterocycles. The molecule has 0 spiro atoms. The topological polar surface area (TPSA) is 114 Å². The minimum Gasteiger partial charge on any atom is -0.488 e. The Morgan fingerprint density at radius 3 is 2.74 bits per heavy atom. The van der Waals surface area contributed by atoms with Crippen molar-refractivity contribution in [1.82, 2.24) is 30.1 Å². The van der Waals surface area contributed by atoms with E-state index in [0.717, 1.165) is 53.6 Å². The molecule has 0 radical (unpaired) electrons. The lowest BCUT2D eigenvalue weighted by molar-refractivity contribution is 0.0123. The summed E-state index contributed by atoms with van der Waals surface area (Å²) in [5, 5.41) is 17.0. The molecule has 1 fully saturated rings. The van der Waals surface area contributed by atoms with Gasteiger partial charge in [-0.25, -0.2) is 9.78 Å². The average Bonchev–Trinajstić information content (AvgIpc) is 3.28. The molecule has 5 rings (SSSR count). The van der Waals surface area contributed by atoms with Crippen LogP contribution in [0.1, 0.15) is 28.8 Å². The number of carboxylic acid groups (broad SMARTS) is 1. The number of nitrogens with one attached hydrogen (secondary N) is 2. The molecular weight excluding hydrogens is 579 g/mol. The molecule has 0 aliphatic carbocycles. The van der Waals surface area contributed by atoms with Crippen LogP contribution in [0.15, 0.2) is 66.6 Å². The molecule has 12 heteroatoms. The molecule has 0 bridgehead atoms. The Labute approximate surface area is 253 Å². The third kappa shape index (κ3) is 7.07. The molecular formula is C30H32Cl2N6O4. The van der Waals surface area contributed by atoms with Crippen molar-refractivity contribution in [3.8, 4) is 11.5 Å². The zero-order valence-electron chi connectivity index (χ0n) is 23.3. The van der Waals surface area contributed by atoms with Gasteiger partial charge in [-0.05, 0) is 49.4 Å². The maximum absolute atomic E-state index is 11.7. The highest BCUT2D eigenvalue weighted by atomic mass is 35.5. The van der Waals surface area contributed by atoms with Crippen LogP contribution in [0, 0.1) is 0 Å². The van der Waals surface area contributed by atoms with Crippen LogP contribution in [-0.4, -0.2) is 63.3 Å². The van der Waals surface area contributed by atoms with Crippen LogP contribution < -0.4 is 20.1 Å². The lowest BCUT2D eigenvalue weighted by Crippen LogP contribution is -2.53. The number of halogens is 2. The highest BCUT2D eigenvalue weighted by Crippen LogP contribution is 2.29. The van der Waals surface area contributed by atoms with E-state index in [1.165, 1.54) is 0 Å². The minimum absolute atomic E-state index is 0.0184. The van der Waals surface area contributed by atoms with Crippen molar-refractivity contribution in [2.45, 2.75) is 32.7 Å². The fraction of sp³-hybridized carbons (Fsp3) is 0.300. The molecule has 0 unspecified atom stereocenters. The van der Waals surface area contributed by atoms with Gasteiger partial charge in [-0.15, -0.1) is 0 Å². The summed E-state index contributed by atoms with van der Waals surface area (Å²) in [5.41, 5.74) is 3.46. The number of fused-ring (bicyclic) bond motifs is 1. The Morgan fingerprint density at radius 1 is 1.17 bits per heavy atom. The quantitative estimate of drug-likeness (QED) is 0.193. The number of nitrogens with zero attached hydrogens (tertiary/aromatic N) is 4. The lowest BCUT2D eigenvalue weighted by atomic mass is 10.1. The lowest BCUT2D eigenvalue weighted by Gasteiger charge is -2.38. The number of hydrogen-bond donors (Lipinski definition) is 3. The number of benzene rings is 2. The SMILES string of the molecule is CCN/C(=C\NC)Cn1c(CN2CC(Oc3ccnc(COc4ccc(Cl)cc4Cl)c3)C2)nc2ccc(C(=O)O)cc21. The summed E-state index contributed by atoms with van der Waals surface area (Å²) in [6.07, 6.45) is 3.62. The first-order chi connectivity index (χ1) is 20.3. The fourth-order valence-corrected chi connectivity index (χ4v) is 5.26. The molecule has 1 aliphatic heterocycles. The van der Waals surface area contributed by atoms with Crippen LogP contribution in [0.2, 0.25) is 10.0 Å². The Hall–Kier alpha value is -3.99. The Kier molecular flexibility index (Phi) is 9.36. The number of rotatable bonds is 13. The monoisotopic (exact) mass is 610 g/mol. The average molecular weight is 612 g/mol. The van der Waals surface area contributed by atoms with E-state index in [9.17, 15) is 9.90 Å². The molecule has 42 heavy (non-hydrogen) atoms. The molecule has 3 N–H and O–H groups in total. The van der Waals surface area contributed by atoms with Gasteiger partial charge >= 0.3 is 5.97 Å². The Balaban J connectivity index is 1.23. The number of hydrogen-bond acceptors (Lipinski definition) is 8. The van der Waals surface area contributed by atoms with E-state index < -0.39 is 5.97 Å². The Morgan fingerprint density at radius 2 is 2.00 bits per heavy atom. The molecule has 2 aromatic heterocycles. The van der Waals surface area contributed by atoms with Gasteiger partial charge in [0.1, 0.15) is 30.0 Å². The Bertz CT molecular complexity index is 1600. The predicted octanol–water partition coefficient (Wildman–Crippen LogP) is 4.95. The second kappa shape index (κ2) is 13.3. The van der Waals surface area contributed by atoms with Gasteiger partial charge in [-0.3, -0.25) is 9.88 Å². The third-order valence-electron chi connectivity index (χ3n) is 6.77. The smallest absolute Gasteiger partial charge is 0.335 e. The normalized spacial score (nSPS) is 14.0. The van der Waals surface area contributed by atoms with E-state index in [2.05, 4.69) is 25.1 Å². The van der Waals surface area contributed by atoms with Crippen molar-refractivity contribution in [2.75, 3.05) is 26.7 Å². The van der Waals surface area contributed by atoms with E-state index in [-0.39, 0.29) is 18.3 Å². The number of likely N-dealkylation sites (N-methyl/N-ethyl adjacent to an activating group) is 1. The summed E-state index contributed by atoms with van der Waals surface area (Å²) < 4.78 is 14.1. The van der Waals surface area contributed by atoms with E-state index in [0.29, 0.717) is 28.9 Å². The molecule has 0 atom stereocenters. The number of aromatic carboxylic acids is 1. The summed E-state index contributed by atoms with van der Waals surface area (Å²) in [6.45, 7) is 5.63. The van der Waals surface area contributed by atoms with Crippen molar-refractivity contribution in [3.05, 3.63) is 93.8 Å². The van der Waals surface area contributed by atoms with Crippen LogP contribution >= 0.6 is 23.2 Å². The number of allylic oxidation sites excluding steroid dienone is 1. The van der Waals surface area contributed by atoms with Crippen LogP contribution in [0.3, 0.4) is 0 Å². The van der Waals surface area contributed by atoms with Gasteiger partial charge in [-0.2, -0.15) is 0 Å². The van der Waals surface area contributed by atoms with Gasteiger partial charge in [0.2, 0.25) is 0 Å². The maximum atomic E-state index is 11.7. The summed E-state index contributed by atoms with van der Waals surface area (Å²) in [6, 6.07) is 13.8. The van der Waals surface area contributed by atoms with Crippen LogP contribution in [0.25, 0.3) is 11.0 Å². The van der Waals surface area contributed by atoms with Crippen molar-refractivity contribution in [2.24, 2.45) is 0 Å². The zero-order chi connectivity index (χ0) is 29.6. The predicted molar refractivity (Wildman–Crippen MR) is 162 cm³/mol. The van der Waals surface area contributed by atoms with Crippen molar-refractivity contribution in [3.63, 3.8) is 0 Å². The molecule has 0 saturated carbocycles. The number of carboxylic acids is 1. The molecule has 1 aliphatic rings. The first kappa shape index (κ1) is 29.5. The number of pyridine rings is 1. The molecule has 2 aromatic carbocycles. The van der Waals surface area contributed by atoms with E-state index in [4.69, 9.17) is 37.7 Å². The number of aromatic nitrogens is 3. The molecule has 220 valence electrons. The first-order valence-corrected chi connectivity index (χ1v) is 14.3. The van der Waals surface area contributed by atoms with Crippen LogP contribution in [0.5, 0.6) is 11.5 Å². The third-order valence-corrected chi connectivity index (χ3v) is 7.30. The minimum atomic E-state index is -0.966. The number of likely N-dealkylation sites (tertiary alicyclic amines) is 1. The highest BCUT2D eigenvalue weighted by Gasteiger charge is 2.30. The summed E-state index contributed by atoms with van der Waals surface area (Å²) >= 11 is 12.2. The highest BCUT2D eigenvalue weighted by molar-refractivity contribution is 6.35. The van der Waals surface area contributed by atoms with Gasteiger partial charge in [0.15, 0.2) is 0 Å². The van der Waals surface area contributed by atoms with Gasteiger partial charge < -0.3 is 29.8 Å². The van der Waals surface area contributed by atoms with Crippen LogP contribution in [0.4, 0.5) is 0 Å². The summed E-state index contributed by atoms with van der Waals surface area (Å²) in [4.78, 5) is 23.1. The fourth-order valence-electron chi connectivity index (χ4n) is 4.80. The molecule has 0 amide bonds. The van der Waals surface area contributed by atoms with Crippen LogP contribution in [-0.2, 0) is 19.7 Å². The standard InChI is InChI=1S/C30H32Cl2N6O4/c1-3-34-22(13-33-2)14-38-27-10-19(30(39)40)4-6-26(27)36-29(38)17-37-15-24(16-37)42-23-8-9-35-21(12-23)18-41-28-7-5-20(31)11-25(28)32/h4-13,24,33-34H,3,14-18H2,1-2H3,(H,39,40)/b22-13-. The van der Waals surface area contributed by atoms with Gasteiger partial charge in [0.25, 0.3) is 0 Å². The van der Waals surface area contributed by atoms with Crippen molar-refractivity contribution in [1.29, 1.82) is 0 Å². The van der Waals surface area contributed by atoms with Gasteiger partial charge in [-0.1, -0.05) is 23.2 Å². The van der Waals surface area contributed by atoms with E-state index >= 15 is 0 Å². The number of imidazole rings is 1. The van der Waals surface area contributed by atoms with Crippen molar-refractivity contribution >= 4 is 40.2 Å². The second-order valence-electron chi connectivity index (χ2n) is 9.89. The maximum Gasteiger partial charge on any atom is 0.335 e. The van der Waals surface area contributed by atoms with E-state index in [1.54, 1.807) is 42.6 Å². The molecule has 4 aromatic rings. The summed E-state index contributed by atoms with van der Waals surface area (Å²) in [7, 11) is 1.85. The van der Waals surface area contributed by atoms with Gasteiger partial charge in [0.05, 0.1) is 40.4 Å². The first-order valence-electron chi connectivity index (χ1n) is 13.6. The number of carbonyl (C=O) groups is 1. The van der Waals surface area contributed by atoms with Crippen molar-refractivity contribution < 1.29 is 19.4 Å².